The van der Waals surface area contributed by atoms with E-state index in [-0.39, 0.29) is 11.8 Å². The molecule has 0 saturated heterocycles. The van der Waals surface area contributed by atoms with E-state index in [4.69, 9.17) is 0 Å². The minimum atomic E-state index is -1.35. The summed E-state index contributed by atoms with van der Waals surface area (Å²) in [4.78, 5) is 29.1. The number of fused-ring (bicyclic) bond motifs is 1. The SMILES string of the molecule is CC(=O)Nc1ccc(-c2csc(NC(=O)c3ccc(S(=O)N4CCCc5ccccc54)cc3)n2)cc1. The molecular weight excluding hydrogens is 492 g/mol. The van der Waals surface area contributed by atoms with Crippen LogP contribution in [0.1, 0.15) is 29.3 Å². The molecule has 182 valence electrons. The number of carbonyl (C=O) groups excluding carboxylic acids is 2. The highest BCUT2D eigenvalue weighted by molar-refractivity contribution is 7.86. The number of carbonyl (C=O) groups is 2. The van der Waals surface area contributed by atoms with Crippen molar-refractivity contribution in [1.29, 1.82) is 0 Å². The van der Waals surface area contributed by atoms with Crippen LogP contribution in [0.25, 0.3) is 11.3 Å². The second kappa shape index (κ2) is 10.4. The molecule has 3 aromatic carbocycles. The summed E-state index contributed by atoms with van der Waals surface area (Å²) in [6.45, 7) is 2.19. The van der Waals surface area contributed by atoms with E-state index in [1.807, 2.05) is 52.1 Å². The van der Waals surface area contributed by atoms with Gasteiger partial charge in [-0.2, -0.15) is 0 Å². The largest absolute Gasteiger partial charge is 0.326 e. The van der Waals surface area contributed by atoms with Crippen molar-refractivity contribution in [3.8, 4) is 11.3 Å². The number of amides is 2. The van der Waals surface area contributed by atoms with Crippen LogP contribution in [-0.4, -0.2) is 27.6 Å². The van der Waals surface area contributed by atoms with E-state index in [0.717, 1.165) is 36.3 Å². The van der Waals surface area contributed by atoms with Gasteiger partial charge in [-0.15, -0.1) is 11.3 Å². The summed E-state index contributed by atoms with van der Waals surface area (Å²) in [6, 6.07) is 22.3. The fourth-order valence-corrected chi connectivity index (χ4v) is 6.07. The number of hydrogen-bond donors (Lipinski definition) is 2. The maximum Gasteiger partial charge on any atom is 0.257 e. The van der Waals surface area contributed by atoms with E-state index in [9.17, 15) is 13.8 Å². The zero-order valence-corrected chi connectivity index (χ0v) is 21.2. The van der Waals surface area contributed by atoms with Crippen LogP contribution < -0.4 is 14.9 Å². The molecule has 1 aliphatic heterocycles. The van der Waals surface area contributed by atoms with E-state index < -0.39 is 11.0 Å². The van der Waals surface area contributed by atoms with Crippen LogP contribution in [0.3, 0.4) is 0 Å². The molecule has 0 fully saturated rings. The number of nitrogens with zero attached hydrogens (tertiary/aromatic N) is 2. The summed E-state index contributed by atoms with van der Waals surface area (Å²) >= 11 is 1.33. The topological polar surface area (TPSA) is 91.4 Å². The molecule has 1 aromatic heterocycles. The van der Waals surface area contributed by atoms with Gasteiger partial charge in [-0.3, -0.25) is 19.2 Å². The summed E-state index contributed by atoms with van der Waals surface area (Å²) in [7, 11) is -1.35. The number of aromatic nitrogens is 1. The molecule has 0 aliphatic carbocycles. The van der Waals surface area contributed by atoms with Gasteiger partial charge in [0.15, 0.2) is 16.1 Å². The third-order valence-corrected chi connectivity index (χ3v) is 8.02. The lowest BCUT2D eigenvalue weighted by Crippen LogP contribution is -2.31. The third kappa shape index (κ3) is 5.22. The van der Waals surface area contributed by atoms with Gasteiger partial charge in [-0.25, -0.2) is 9.19 Å². The molecule has 2 N–H and O–H groups in total. The first-order valence-electron chi connectivity index (χ1n) is 11.5. The average molecular weight is 517 g/mol. The maximum absolute atomic E-state index is 13.3. The molecule has 0 radical (unpaired) electrons. The van der Waals surface area contributed by atoms with Crippen LogP contribution in [-0.2, 0) is 22.2 Å². The van der Waals surface area contributed by atoms with Gasteiger partial charge >= 0.3 is 0 Å². The second-order valence-electron chi connectivity index (χ2n) is 8.36. The van der Waals surface area contributed by atoms with Gasteiger partial charge in [-0.1, -0.05) is 30.3 Å². The fourth-order valence-electron chi connectivity index (χ4n) is 4.08. The van der Waals surface area contributed by atoms with Gasteiger partial charge < -0.3 is 5.32 Å². The summed E-state index contributed by atoms with van der Waals surface area (Å²) in [6.07, 6.45) is 1.95. The molecule has 1 aliphatic rings. The monoisotopic (exact) mass is 516 g/mol. The number of rotatable bonds is 6. The van der Waals surface area contributed by atoms with Crippen LogP contribution in [0.2, 0.25) is 0 Å². The summed E-state index contributed by atoms with van der Waals surface area (Å²) in [5, 5.41) is 7.92. The highest BCUT2D eigenvalue weighted by Crippen LogP contribution is 2.30. The average Bonchev–Trinajstić information content (AvgIpc) is 3.36. The van der Waals surface area contributed by atoms with E-state index in [2.05, 4.69) is 21.7 Å². The molecule has 9 heteroatoms. The van der Waals surface area contributed by atoms with Gasteiger partial charge in [0, 0.05) is 35.7 Å². The Kier molecular flexibility index (Phi) is 6.92. The van der Waals surface area contributed by atoms with Crippen LogP contribution in [0, 0.1) is 0 Å². The standard InChI is InChI=1S/C27H24N4O3S2/c1-18(32)28-22-12-8-19(9-13-22)24-17-35-27(29-24)30-26(33)21-10-14-23(15-11-21)36(34)31-16-4-6-20-5-2-3-7-25(20)31/h2-3,5,7-15,17H,4,6,16H2,1H3,(H,28,32)(H,29,30,33). The molecule has 7 nitrogen and oxygen atoms in total. The van der Waals surface area contributed by atoms with Crippen LogP contribution in [0.4, 0.5) is 16.5 Å². The molecule has 1 unspecified atom stereocenters. The summed E-state index contributed by atoms with van der Waals surface area (Å²) < 4.78 is 15.2. The molecule has 5 rings (SSSR count). The van der Waals surface area contributed by atoms with Gasteiger partial charge in [0.1, 0.15) is 0 Å². The summed E-state index contributed by atoms with van der Waals surface area (Å²) in [5.41, 5.74) is 5.01. The Morgan fingerprint density at radius 2 is 1.72 bits per heavy atom. The number of nitrogens with one attached hydrogen (secondary N) is 2. The van der Waals surface area contributed by atoms with Crippen molar-refractivity contribution in [1.82, 2.24) is 4.98 Å². The highest BCUT2D eigenvalue weighted by Gasteiger charge is 2.22. The van der Waals surface area contributed by atoms with Crippen molar-refractivity contribution < 1.29 is 13.8 Å². The first-order valence-corrected chi connectivity index (χ1v) is 13.5. The van der Waals surface area contributed by atoms with E-state index in [1.165, 1.54) is 23.8 Å². The third-order valence-electron chi connectivity index (χ3n) is 5.81. The number of hydrogen-bond acceptors (Lipinski definition) is 5. The Bertz CT molecular complexity index is 1430. The Balaban J connectivity index is 1.24. The lowest BCUT2D eigenvalue weighted by molar-refractivity contribution is -0.114. The number of benzene rings is 3. The first kappa shape index (κ1) is 23.9. The van der Waals surface area contributed by atoms with E-state index in [0.29, 0.717) is 21.3 Å². The highest BCUT2D eigenvalue weighted by atomic mass is 32.2. The van der Waals surface area contributed by atoms with E-state index >= 15 is 0 Å². The van der Waals surface area contributed by atoms with Crippen molar-refractivity contribution in [2.45, 2.75) is 24.7 Å². The minimum absolute atomic E-state index is 0.127. The Labute approximate surface area is 215 Å². The molecule has 0 spiro atoms. The van der Waals surface area contributed by atoms with Crippen LogP contribution in [0.15, 0.2) is 83.1 Å². The van der Waals surface area contributed by atoms with E-state index in [1.54, 1.807) is 24.3 Å². The first-order chi connectivity index (χ1) is 17.5. The number of anilines is 3. The molecule has 2 amide bonds. The lowest BCUT2D eigenvalue weighted by atomic mass is 10.0. The van der Waals surface area contributed by atoms with Crippen molar-refractivity contribution >= 4 is 50.6 Å². The van der Waals surface area contributed by atoms with Gasteiger partial charge in [0.2, 0.25) is 5.91 Å². The number of aryl methyl sites for hydroxylation is 1. The second-order valence-corrected chi connectivity index (χ2v) is 10.6. The van der Waals surface area contributed by atoms with Crippen molar-refractivity contribution in [3.63, 3.8) is 0 Å². The molecule has 4 aromatic rings. The van der Waals surface area contributed by atoms with Crippen molar-refractivity contribution in [2.24, 2.45) is 0 Å². The molecular formula is C27H24N4O3S2. The van der Waals surface area contributed by atoms with Crippen molar-refractivity contribution in [3.05, 3.63) is 89.3 Å². The maximum atomic E-state index is 13.3. The fraction of sp³-hybridized carbons (Fsp3) is 0.148. The Hall–Kier alpha value is -3.82. The van der Waals surface area contributed by atoms with Gasteiger partial charge in [-0.05, 0) is 60.9 Å². The lowest BCUT2D eigenvalue weighted by Gasteiger charge is -2.29. The van der Waals surface area contributed by atoms with Crippen molar-refractivity contribution in [2.75, 3.05) is 21.5 Å². The Morgan fingerprint density at radius 1 is 0.972 bits per heavy atom. The Morgan fingerprint density at radius 3 is 2.47 bits per heavy atom. The number of thiazole rings is 1. The minimum Gasteiger partial charge on any atom is -0.326 e. The quantitative estimate of drug-likeness (QED) is 0.354. The smallest absolute Gasteiger partial charge is 0.257 e. The molecule has 0 bridgehead atoms. The summed E-state index contributed by atoms with van der Waals surface area (Å²) in [5.74, 6) is -0.407. The normalized spacial score (nSPS) is 13.5. The zero-order chi connectivity index (χ0) is 25.1. The van der Waals surface area contributed by atoms with Gasteiger partial charge in [0.05, 0.1) is 16.3 Å². The molecule has 2 heterocycles. The molecule has 1 atom stereocenters. The van der Waals surface area contributed by atoms with Gasteiger partial charge in [0.25, 0.3) is 5.91 Å². The van der Waals surface area contributed by atoms with Crippen LogP contribution >= 0.6 is 11.3 Å². The van der Waals surface area contributed by atoms with Crippen LogP contribution in [0.5, 0.6) is 0 Å². The predicted octanol–water partition coefficient (Wildman–Crippen LogP) is 5.50. The molecule has 0 saturated carbocycles. The number of para-hydroxylation sites is 1. The predicted molar refractivity (Wildman–Crippen MR) is 145 cm³/mol. The molecule has 36 heavy (non-hydrogen) atoms. The zero-order valence-electron chi connectivity index (χ0n) is 19.6.